The van der Waals surface area contributed by atoms with E-state index in [2.05, 4.69) is 22.1 Å². The van der Waals surface area contributed by atoms with Gasteiger partial charge in [-0.25, -0.2) is 4.39 Å². The van der Waals surface area contributed by atoms with Gasteiger partial charge in [-0.15, -0.1) is 0 Å². The molecule has 3 rings (SSSR count). The van der Waals surface area contributed by atoms with Gasteiger partial charge in [0.25, 0.3) is 11.8 Å². The van der Waals surface area contributed by atoms with E-state index in [0.717, 1.165) is 25.2 Å². The van der Waals surface area contributed by atoms with Gasteiger partial charge in [-0.3, -0.25) is 14.6 Å². The van der Waals surface area contributed by atoms with E-state index < -0.39 is 0 Å². The molecule has 0 aliphatic carbocycles. The van der Waals surface area contributed by atoms with E-state index in [1.165, 1.54) is 24.5 Å². The molecule has 1 N–H and O–H groups in total. The number of aromatic nitrogens is 1. The van der Waals surface area contributed by atoms with Crippen molar-refractivity contribution < 1.29 is 14.0 Å². The maximum atomic E-state index is 12.9. The van der Waals surface area contributed by atoms with Gasteiger partial charge in [0.1, 0.15) is 5.82 Å². The maximum absolute atomic E-state index is 12.9. The van der Waals surface area contributed by atoms with Crippen molar-refractivity contribution >= 4 is 11.8 Å². The molecule has 142 valence electrons. The number of carbonyl (C=O) groups is 2. The van der Waals surface area contributed by atoms with Gasteiger partial charge in [0.05, 0.1) is 11.1 Å². The molecule has 7 heteroatoms. The summed E-state index contributed by atoms with van der Waals surface area (Å²) in [6, 6.07) is 7.50. The van der Waals surface area contributed by atoms with E-state index in [9.17, 15) is 14.0 Å². The summed E-state index contributed by atoms with van der Waals surface area (Å²) < 4.78 is 12.9. The number of carbonyl (C=O) groups excluding carboxylic acids is 2. The van der Waals surface area contributed by atoms with Crippen LogP contribution in [0.5, 0.6) is 0 Å². The molecule has 1 saturated heterocycles. The first-order valence-corrected chi connectivity index (χ1v) is 9.06. The number of rotatable bonds is 5. The number of hydrogen-bond acceptors (Lipinski definition) is 4. The van der Waals surface area contributed by atoms with Gasteiger partial charge in [0, 0.05) is 45.1 Å². The average Bonchev–Trinajstić information content (AvgIpc) is 2.72. The van der Waals surface area contributed by atoms with E-state index in [1.54, 1.807) is 23.1 Å². The molecule has 1 aromatic carbocycles. The molecule has 0 radical (unpaired) electrons. The first-order chi connectivity index (χ1) is 13.1. The van der Waals surface area contributed by atoms with Crippen LogP contribution in [0.25, 0.3) is 0 Å². The summed E-state index contributed by atoms with van der Waals surface area (Å²) in [6.45, 7) is 6.42. The predicted octanol–water partition coefficient (Wildman–Crippen LogP) is 1.93. The zero-order chi connectivity index (χ0) is 19.2. The summed E-state index contributed by atoms with van der Waals surface area (Å²) in [5, 5.41) is 2.76. The van der Waals surface area contributed by atoms with Crippen molar-refractivity contribution in [1.82, 2.24) is 20.1 Å². The van der Waals surface area contributed by atoms with Crippen molar-refractivity contribution in [3.05, 3.63) is 65.2 Å². The van der Waals surface area contributed by atoms with Gasteiger partial charge >= 0.3 is 0 Å². The fourth-order valence-corrected chi connectivity index (χ4v) is 3.02. The van der Waals surface area contributed by atoms with Crippen LogP contribution in [0.4, 0.5) is 4.39 Å². The van der Waals surface area contributed by atoms with Crippen LogP contribution < -0.4 is 5.32 Å². The number of likely N-dealkylation sites (N-methyl/N-ethyl adjacent to an activating group) is 1. The summed E-state index contributed by atoms with van der Waals surface area (Å²) in [5.74, 6) is -0.746. The molecule has 0 atom stereocenters. The van der Waals surface area contributed by atoms with Crippen molar-refractivity contribution in [3.8, 4) is 0 Å². The van der Waals surface area contributed by atoms with Crippen LogP contribution in [0.3, 0.4) is 0 Å². The Morgan fingerprint density at radius 3 is 2.41 bits per heavy atom. The SMILES string of the molecule is CCN1CCN(C(=O)c2cncc(C(=O)NCc3ccc(F)cc3)c2)CC1. The van der Waals surface area contributed by atoms with Crippen LogP contribution in [-0.4, -0.2) is 59.3 Å². The second-order valence-corrected chi connectivity index (χ2v) is 6.50. The fraction of sp³-hybridized carbons (Fsp3) is 0.350. The molecule has 0 spiro atoms. The number of pyridine rings is 1. The molecule has 0 bridgehead atoms. The molecule has 2 aromatic rings. The molecule has 1 aliphatic rings. The highest BCUT2D eigenvalue weighted by molar-refractivity contribution is 5.99. The Morgan fingerprint density at radius 2 is 1.74 bits per heavy atom. The largest absolute Gasteiger partial charge is 0.348 e. The van der Waals surface area contributed by atoms with Crippen molar-refractivity contribution in [1.29, 1.82) is 0 Å². The van der Waals surface area contributed by atoms with Gasteiger partial charge in [-0.2, -0.15) is 0 Å². The van der Waals surface area contributed by atoms with Crippen LogP contribution in [0.2, 0.25) is 0 Å². The van der Waals surface area contributed by atoms with E-state index in [4.69, 9.17) is 0 Å². The number of benzene rings is 1. The van der Waals surface area contributed by atoms with Crippen molar-refractivity contribution in [3.63, 3.8) is 0 Å². The highest BCUT2D eigenvalue weighted by Crippen LogP contribution is 2.10. The lowest BCUT2D eigenvalue weighted by Crippen LogP contribution is -2.48. The Hall–Kier alpha value is -2.80. The third-order valence-corrected chi connectivity index (χ3v) is 4.72. The van der Waals surface area contributed by atoms with Crippen molar-refractivity contribution in [2.75, 3.05) is 32.7 Å². The molecule has 1 fully saturated rings. The quantitative estimate of drug-likeness (QED) is 0.874. The summed E-state index contributed by atoms with van der Waals surface area (Å²) in [7, 11) is 0. The Kier molecular flexibility index (Phi) is 6.13. The van der Waals surface area contributed by atoms with E-state index in [-0.39, 0.29) is 24.2 Å². The van der Waals surface area contributed by atoms with Gasteiger partial charge < -0.3 is 15.1 Å². The lowest BCUT2D eigenvalue weighted by Gasteiger charge is -2.34. The monoisotopic (exact) mass is 370 g/mol. The number of nitrogens with zero attached hydrogens (tertiary/aromatic N) is 3. The van der Waals surface area contributed by atoms with Crippen LogP contribution in [0, 0.1) is 5.82 Å². The summed E-state index contributed by atoms with van der Waals surface area (Å²) in [4.78, 5) is 33.2. The molecular formula is C20H23FN4O2. The van der Waals surface area contributed by atoms with E-state index >= 15 is 0 Å². The van der Waals surface area contributed by atoms with Crippen molar-refractivity contribution in [2.45, 2.75) is 13.5 Å². The topological polar surface area (TPSA) is 65.5 Å². The van der Waals surface area contributed by atoms with Crippen LogP contribution in [0.15, 0.2) is 42.7 Å². The molecular weight excluding hydrogens is 347 g/mol. The molecule has 0 saturated carbocycles. The molecule has 27 heavy (non-hydrogen) atoms. The fourth-order valence-electron chi connectivity index (χ4n) is 3.02. The van der Waals surface area contributed by atoms with Gasteiger partial charge in [-0.05, 0) is 30.3 Å². The van der Waals surface area contributed by atoms with E-state index in [1.807, 2.05) is 0 Å². The molecule has 0 unspecified atom stereocenters. The summed E-state index contributed by atoms with van der Waals surface area (Å²) in [5.41, 5.74) is 1.53. The highest BCUT2D eigenvalue weighted by atomic mass is 19.1. The van der Waals surface area contributed by atoms with Gasteiger partial charge in [0.2, 0.25) is 0 Å². The van der Waals surface area contributed by atoms with Crippen LogP contribution >= 0.6 is 0 Å². The smallest absolute Gasteiger partial charge is 0.255 e. The normalized spacial score (nSPS) is 14.8. The third kappa shape index (κ3) is 4.89. The number of hydrogen-bond donors (Lipinski definition) is 1. The van der Waals surface area contributed by atoms with Crippen molar-refractivity contribution in [2.24, 2.45) is 0 Å². The standard InChI is InChI=1S/C20H23FN4O2/c1-2-24-7-9-25(10-8-24)20(27)17-11-16(13-22-14-17)19(26)23-12-15-3-5-18(21)6-4-15/h3-6,11,13-14H,2,7-10,12H2,1H3,(H,23,26). The first-order valence-electron chi connectivity index (χ1n) is 9.06. The Labute approximate surface area is 158 Å². The lowest BCUT2D eigenvalue weighted by atomic mass is 10.1. The summed E-state index contributed by atoms with van der Waals surface area (Å²) in [6.07, 6.45) is 2.93. The minimum Gasteiger partial charge on any atom is -0.348 e. The second kappa shape index (κ2) is 8.73. The second-order valence-electron chi connectivity index (χ2n) is 6.50. The molecule has 2 amide bonds. The Bertz CT molecular complexity index is 802. The molecule has 6 nitrogen and oxygen atoms in total. The zero-order valence-corrected chi connectivity index (χ0v) is 15.3. The Morgan fingerprint density at radius 1 is 1.07 bits per heavy atom. The molecule has 1 aliphatic heterocycles. The highest BCUT2D eigenvalue weighted by Gasteiger charge is 2.22. The van der Waals surface area contributed by atoms with Gasteiger partial charge in [-0.1, -0.05) is 19.1 Å². The zero-order valence-electron chi connectivity index (χ0n) is 15.3. The number of nitrogens with one attached hydrogen (secondary N) is 1. The Balaban J connectivity index is 1.61. The third-order valence-electron chi connectivity index (χ3n) is 4.72. The van der Waals surface area contributed by atoms with Gasteiger partial charge in [0.15, 0.2) is 0 Å². The predicted molar refractivity (Wildman–Crippen MR) is 99.8 cm³/mol. The van der Waals surface area contributed by atoms with E-state index in [0.29, 0.717) is 24.2 Å². The van der Waals surface area contributed by atoms with Crippen LogP contribution in [-0.2, 0) is 6.54 Å². The number of piperazine rings is 1. The lowest BCUT2D eigenvalue weighted by molar-refractivity contribution is 0.0643. The maximum Gasteiger partial charge on any atom is 0.255 e. The first kappa shape index (κ1) is 19.0. The number of amides is 2. The number of halogens is 1. The minimum atomic E-state index is -0.322. The summed E-state index contributed by atoms with van der Waals surface area (Å²) >= 11 is 0. The minimum absolute atomic E-state index is 0.105. The molecule has 1 aromatic heterocycles. The van der Waals surface area contributed by atoms with Crippen LogP contribution in [0.1, 0.15) is 33.2 Å². The average molecular weight is 370 g/mol. The molecule has 2 heterocycles.